The summed E-state index contributed by atoms with van der Waals surface area (Å²) in [4.78, 5) is 50.5. The molecule has 15 heteroatoms. The summed E-state index contributed by atoms with van der Waals surface area (Å²) in [5, 5.41) is 20.1. The van der Waals surface area contributed by atoms with Crippen molar-refractivity contribution < 1.29 is 52.9 Å². The molecule has 148 valence electrons. The zero-order valence-corrected chi connectivity index (χ0v) is 14.9. The number of esters is 1. The van der Waals surface area contributed by atoms with Crippen LogP contribution < -0.4 is 11.5 Å². The lowest BCUT2D eigenvalue weighted by Gasteiger charge is -2.55. The molecule has 2 rings (SSSR count). The Bertz CT molecular complexity index is 685. The van der Waals surface area contributed by atoms with Crippen molar-refractivity contribution in [2.75, 3.05) is 5.75 Å². The van der Waals surface area contributed by atoms with E-state index in [1.165, 1.54) is 0 Å². The van der Waals surface area contributed by atoms with E-state index in [0.717, 1.165) is 6.92 Å². The second-order valence-electron chi connectivity index (χ2n) is 5.75. The van der Waals surface area contributed by atoms with E-state index in [4.69, 9.17) is 30.7 Å². The largest absolute Gasteiger partial charge is 0.479 e. The van der Waals surface area contributed by atoms with Gasteiger partial charge in [-0.25, -0.2) is 9.36 Å². The SMILES string of the molecule is CC(=O)O[C@H]1[C@H](N)[C@H](OP(=O)(O)O)[C@@]2(C(=O)O)CSC(O)(C(N)=O)[C@@H]1O2. The van der Waals surface area contributed by atoms with E-state index in [1.807, 2.05) is 0 Å². The summed E-state index contributed by atoms with van der Waals surface area (Å²) >= 11 is 0.351. The first-order valence-corrected chi connectivity index (χ1v) is 9.50. The maximum absolute atomic E-state index is 11.8. The lowest BCUT2D eigenvalue weighted by molar-refractivity contribution is -0.258. The number of carboxylic acids is 1. The summed E-state index contributed by atoms with van der Waals surface area (Å²) in [7, 11) is -5.24. The summed E-state index contributed by atoms with van der Waals surface area (Å²) in [5.74, 6) is -4.63. The molecule has 2 heterocycles. The van der Waals surface area contributed by atoms with Crippen LogP contribution in [0.4, 0.5) is 0 Å². The van der Waals surface area contributed by atoms with Crippen molar-refractivity contribution in [1.82, 2.24) is 0 Å². The normalized spacial score (nSPS) is 39.9. The predicted molar refractivity (Wildman–Crippen MR) is 82.3 cm³/mol. The molecule has 1 amide bonds. The number of fused-ring (bicyclic) bond motifs is 2. The summed E-state index contributed by atoms with van der Waals surface area (Å²) in [6, 6.07) is -1.67. The standard InChI is InChI=1S/C11H17N2O11PS/c1-3(14)22-5-4(12)6(24-25(19,20)21)10(9(16)17)2-26-11(18,8(13)15)7(5)23-10/h4-7,18H,2,12H2,1H3,(H2,13,15)(H,16,17)(H2,19,20,21)/t4-,5-,6-,7+,10+,11?/m0/s1. The highest BCUT2D eigenvalue weighted by Gasteiger charge is 2.70. The molecule has 0 spiro atoms. The topological polar surface area (TPSA) is 229 Å². The Morgan fingerprint density at radius 2 is 1.92 bits per heavy atom. The minimum absolute atomic E-state index is 0.351. The Balaban J connectivity index is 2.58. The van der Waals surface area contributed by atoms with Crippen LogP contribution >= 0.6 is 19.6 Å². The number of thioether (sulfide) groups is 1. The number of carboxylic acid groups (broad SMARTS) is 1. The van der Waals surface area contributed by atoms with Crippen molar-refractivity contribution in [3.8, 4) is 0 Å². The van der Waals surface area contributed by atoms with Gasteiger partial charge >= 0.3 is 19.8 Å². The number of rotatable bonds is 5. The Labute approximate surface area is 150 Å². The van der Waals surface area contributed by atoms with Crippen LogP contribution in [0.25, 0.3) is 0 Å². The molecule has 2 bridgehead atoms. The number of phosphoric ester groups is 1. The molecule has 2 fully saturated rings. The van der Waals surface area contributed by atoms with Gasteiger partial charge in [0.2, 0.25) is 10.5 Å². The van der Waals surface area contributed by atoms with Crippen LogP contribution in [-0.2, 0) is 32.9 Å². The first-order chi connectivity index (χ1) is 11.7. The molecule has 2 aliphatic rings. The monoisotopic (exact) mass is 416 g/mol. The average Bonchev–Trinajstić information content (AvgIpc) is 2.48. The number of nitrogens with two attached hydrogens (primary N) is 2. The van der Waals surface area contributed by atoms with Crippen LogP contribution in [0, 0.1) is 0 Å². The Morgan fingerprint density at radius 3 is 2.35 bits per heavy atom. The molecule has 0 saturated carbocycles. The van der Waals surface area contributed by atoms with Gasteiger partial charge in [-0.05, 0) is 0 Å². The maximum Gasteiger partial charge on any atom is 0.470 e. The Hall–Kier alpha value is -1.25. The second kappa shape index (κ2) is 6.73. The van der Waals surface area contributed by atoms with Gasteiger partial charge in [-0.1, -0.05) is 0 Å². The number of phosphoric acid groups is 1. The Kier molecular flexibility index (Phi) is 5.45. The highest BCUT2D eigenvalue weighted by atomic mass is 32.2. The van der Waals surface area contributed by atoms with Gasteiger partial charge in [-0.3, -0.25) is 14.1 Å². The fourth-order valence-corrected chi connectivity index (χ4v) is 4.73. The molecule has 0 aromatic carbocycles. The quantitative estimate of drug-likeness (QED) is 0.192. The number of hydrogen-bond donors (Lipinski definition) is 6. The third-order valence-corrected chi connectivity index (χ3v) is 5.93. The molecule has 0 aliphatic carbocycles. The number of aliphatic hydroxyl groups is 1. The highest BCUT2D eigenvalue weighted by molar-refractivity contribution is 8.01. The third-order valence-electron chi connectivity index (χ3n) is 3.98. The molecule has 0 aromatic rings. The molecule has 2 saturated heterocycles. The third kappa shape index (κ3) is 3.46. The van der Waals surface area contributed by atoms with Gasteiger partial charge in [-0.2, -0.15) is 0 Å². The maximum atomic E-state index is 11.8. The first-order valence-electron chi connectivity index (χ1n) is 6.99. The molecular formula is C11H17N2O11PS. The summed E-state index contributed by atoms with van der Waals surface area (Å²) in [5.41, 5.74) is 8.57. The minimum atomic E-state index is -5.24. The van der Waals surface area contributed by atoms with Crippen molar-refractivity contribution in [3.63, 3.8) is 0 Å². The number of hydrogen-bond acceptors (Lipinski definition) is 10. The summed E-state index contributed by atoms with van der Waals surface area (Å²) in [6.45, 7) is 0.962. The lowest BCUT2D eigenvalue weighted by Crippen LogP contribution is -2.79. The number of carbonyl (C=O) groups excluding carboxylic acids is 2. The van der Waals surface area contributed by atoms with E-state index >= 15 is 0 Å². The molecule has 1 unspecified atom stereocenters. The summed E-state index contributed by atoms with van der Waals surface area (Å²) in [6.07, 6.45) is -5.46. The van der Waals surface area contributed by atoms with Crippen molar-refractivity contribution in [1.29, 1.82) is 0 Å². The number of aliphatic carboxylic acids is 1. The van der Waals surface area contributed by atoms with Gasteiger partial charge in [0.05, 0.1) is 6.04 Å². The minimum Gasteiger partial charge on any atom is -0.479 e. The van der Waals surface area contributed by atoms with Crippen molar-refractivity contribution >= 4 is 37.4 Å². The average molecular weight is 416 g/mol. The molecule has 0 aromatic heterocycles. The molecule has 6 atom stereocenters. The number of ether oxygens (including phenoxy) is 2. The van der Waals surface area contributed by atoms with Crippen LogP contribution in [0.1, 0.15) is 6.92 Å². The van der Waals surface area contributed by atoms with E-state index in [-0.39, 0.29) is 0 Å². The molecule has 13 nitrogen and oxygen atoms in total. The van der Waals surface area contributed by atoms with Crippen molar-refractivity contribution in [2.24, 2.45) is 11.5 Å². The van der Waals surface area contributed by atoms with Gasteiger partial charge in [0.1, 0.15) is 18.3 Å². The van der Waals surface area contributed by atoms with Gasteiger partial charge in [0.15, 0.2) is 0 Å². The van der Waals surface area contributed by atoms with E-state index in [0.29, 0.717) is 11.8 Å². The zero-order chi connectivity index (χ0) is 20.1. The van der Waals surface area contributed by atoms with Crippen LogP contribution in [0.2, 0.25) is 0 Å². The smallest absolute Gasteiger partial charge is 0.470 e. The van der Waals surface area contributed by atoms with Gasteiger partial charge < -0.3 is 40.9 Å². The highest BCUT2D eigenvalue weighted by Crippen LogP contribution is 2.51. The van der Waals surface area contributed by atoms with E-state index in [2.05, 4.69) is 4.52 Å². The predicted octanol–water partition coefficient (Wildman–Crippen LogP) is -3.13. The van der Waals surface area contributed by atoms with E-state index in [1.54, 1.807) is 0 Å². The van der Waals surface area contributed by atoms with Crippen LogP contribution in [0.15, 0.2) is 0 Å². The lowest BCUT2D eigenvalue weighted by atomic mass is 9.82. The van der Waals surface area contributed by atoms with Crippen LogP contribution in [-0.4, -0.2) is 78.5 Å². The molecular weight excluding hydrogens is 399 g/mol. The number of amides is 1. The van der Waals surface area contributed by atoms with Gasteiger partial charge in [-0.15, -0.1) is 11.8 Å². The fraction of sp³-hybridized carbons (Fsp3) is 0.727. The number of carbonyl (C=O) groups is 3. The molecule has 8 N–H and O–H groups in total. The van der Waals surface area contributed by atoms with Crippen molar-refractivity contribution in [3.05, 3.63) is 0 Å². The fourth-order valence-electron chi connectivity index (χ4n) is 2.84. The molecule has 2 aliphatic heterocycles. The first kappa shape index (κ1) is 21.1. The van der Waals surface area contributed by atoms with Gasteiger partial charge in [0, 0.05) is 12.7 Å². The Morgan fingerprint density at radius 1 is 1.35 bits per heavy atom. The molecule has 26 heavy (non-hydrogen) atoms. The second-order valence-corrected chi connectivity index (χ2v) is 8.14. The molecule has 0 radical (unpaired) electrons. The number of primary amides is 1. The van der Waals surface area contributed by atoms with Crippen molar-refractivity contribution in [2.45, 2.75) is 41.8 Å². The van der Waals surface area contributed by atoms with Crippen LogP contribution in [0.5, 0.6) is 0 Å². The van der Waals surface area contributed by atoms with E-state index < -0.39 is 66.3 Å². The van der Waals surface area contributed by atoms with Gasteiger partial charge in [0.25, 0.3) is 5.91 Å². The summed E-state index contributed by atoms with van der Waals surface area (Å²) < 4.78 is 26.0. The van der Waals surface area contributed by atoms with E-state index in [9.17, 15) is 29.2 Å². The zero-order valence-electron chi connectivity index (χ0n) is 13.2. The van der Waals surface area contributed by atoms with Crippen LogP contribution in [0.3, 0.4) is 0 Å².